The first kappa shape index (κ1) is 12.7. The van der Waals surface area contributed by atoms with Crippen molar-refractivity contribution in [3.8, 4) is 0 Å². The van der Waals surface area contributed by atoms with Gasteiger partial charge in [-0.1, -0.05) is 0 Å². The summed E-state index contributed by atoms with van der Waals surface area (Å²) >= 11 is 0. The highest BCUT2D eigenvalue weighted by Gasteiger charge is 2.12. The molecule has 0 aromatic carbocycles. The summed E-state index contributed by atoms with van der Waals surface area (Å²) in [6, 6.07) is 0. The molecule has 0 saturated carbocycles. The minimum atomic E-state index is 0.169. The summed E-state index contributed by atoms with van der Waals surface area (Å²) in [6.07, 6.45) is 3.53. The van der Waals surface area contributed by atoms with Crippen LogP contribution in [0.2, 0.25) is 0 Å². The number of nitrogens with zero attached hydrogens (tertiary/aromatic N) is 1. The van der Waals surface area contributed by atoms with Gasteiger partial charge < -0.3 is 10.2 Å². The summed E-state index contributed by atoms with van der Waals surface area (Å²) in [4.78, 5) is 24.4. The van der Waals surface area contributed by atoms with Gasteiger partial charge in [0.1, 0.15) is 0 Å². The first-order valence-corrected chi connectivity index (χ1v) is 5.92. The summed E-state index contributed by atoms with van der Waals surface area (Å²) in [6.45, 7) is 6.10. The molecular weight excluding hydrogens is 204 g/mol. The van der Waals surface area contributed by atoms with Crippen LogP contribution in [-0.2, 0) is 9.59 Å². The maximum absolute atomic E-state index is 11.6. The number of hydrogen-bond donors (Lipinski definition) is 1. The van der Waals surface area contributed by atoms with Gasteiger partial charge in [-0.3, -0.25) is 9.59 Å². The minimum absolute atomic E-state index is 0.169. The third-order valence-corrected chi connectivity index (χ3v) is 2.78. The molecule has 0 aromatic rings. The second-order valence-electron chi connectivity index (χ2n) is 3.88. The van der Waals surface area contributed by atoms with Crippen LogP contribution in [0.1, 0.15) is 33.1 Å². The molecule has 1 aliphatic carbocycles. The lowest BCUT2D eigenvalue weighted by atomic mass is 10.3. The van der Waals surface area contributed by atoms with Crippen molar-refractivity contribution < 1.29 is 9.59 Å². The first-order valence-electron chi connectivity index (χ1n) is 5.92. The molecule has 1 N–H and O–H groups in total. The third-order valence-electron chi connectivity index (χ3n) is 2.78. The Morgan fingerprint density at radius 1 is 1.38 bits per heavy atom. The van der Waals surface area contributed by atoms with E-state index < -0.39 is 0 Å². The van der Waals surface area contributed by atoms with Gasteiger partial charge in [0.15, 0.2) is 5.78 Å². The number of ketones is 1. The molecule has 0 bridgehead atoms. The van der Waals surface area contributed by atoms with Crippen LogP contribution in [0.3, 0.4) is 0 Å². The van der Waals surface area contributed by atoms with Crippen molar-refractivity contribution in [2.45, 2.75) is 33.1 Å². The third kappa shape index (κ3) is 3.68. The number of carbonyl (C=O) groups excluding carboxylic acids is 2. The summed E-state index contributed by atoms with van der Waals surface area (Å²) in [5.74, 6) is 0.347. The van der Waals surface area contributed by atoms with Crippen LogP contribution in [0.25, 0.3) is 0 Å². The average Bonchev–Trinajstić information content (AvgIpc) is 2.66. The highest BCUT2D eigenvalue weighted by atomic mass is 16.2. The molecule has 0 heterocycles. The molecule has 0 unspecified atom stereocenters. The van der Waals surface area contributed by atoms with Crippen LogP contribution in [0.15, 0.2) is 11.8 Å². The molecule has 0 radical (unpaired) electrons. The van der Waals surface area contributed by atoms with Gasteiger partial charge in [-0.2, -0.15) is 0 Å². The van der Waals surface area contributed by atoms with Gasteiger partial charge in [0.2, 0.25) is 5.91 Å². The number of rotatable bonds is 6. The van der Waals surface area contributed by atoms with Crippen molar-refractivity contribution in [1.82, 2.24) is 10.2 Å². The second-order valence-corrected chi connectivity index (χ2v) is 3.88. The SMILES string of the molecule is CCN(CC)C(=O)CCNC1=CC(=O)CC1. The number of allylic oxidation sites excluding steroid dienone is 2. The Kier molecular flexibility index (Phi) is 5.02. The molecule has 16 heavy (non-hydrogen) atoms. The van der Waals surface area contributed by atoms with E-state index in [4.69, 9.17) is 0 Å². The predicted molar refractivity (Wildman–Crippen MR) is 62.9 cm³/mol. The molecule has 0 spiro atoms. The van der Waals surface area contributed by atoms with Crippen LogP contribution in [0.4, 0.5) is 0 Å². The van der Waals surface area contributed by atoms with E-state index in [0.29, 0.717) is 19.4 Å². The Hall–Kier alpha value is -1.32. The molecule has 1 rings (SSSR count). The van der Waals surface area contributed by atoms with Crippen LogP contribution in [-0.4, -0.2) is 36.2 Å². The van der Waals surface area contributed by atoms with Gasteiger partial charge in [0.05, 0.1) is 0 Å². The lowest BCUT2D eigenvalue weighted by Crippen LogP contribution is -2.32. The van der Waals surface area contributed by atoms with Crippen LogP contribution in [0, 0.1) is 0 Å². The fraction of sp³-hybridized carbons (Fsp3) is 0.667. The monoisotopic (exact) mass is 224 g/mol. The van der Waals surface area contributed by atoms with Crippen molar-refractivity contribution in [1.29, 1.82) is 0 Å². The second kappa shape index (κ2) is 6.30. The number of nitrogens with one attached hydrogen (secondary N) is 1. The van der Waals surface area contributed by atoms with Gasteiger partial charge in [0, 0.05) is 44.2 Å². The zero-order chi connectivity index (χ0) is 12.0. The fourth-order valence-corrected chi connectivity index (χ4v) is 1.80. The molecule has 4 nitrogen and oxygen atoms in total. The number of hydrogen-bond acceptors (Lipinski definition) is 3. The molecule has 1 amide bonds. The predicted octanol–water partition coefficient (Wildman–Crippen LogP) is 1.08. The van der Waals surface area contributed by atoms with Gasteiger partial charge >= 0.3 is 0 Å². The zero-order valence-electron chi connectivity index (χ0n) is 10.1. The highest BCUT2D eigenvalue weighted by molar-refractivity contribution is 5.92. The van der Waals surface area contributed by atoms with E-state index >= 15 is 0 Å². The molecule has 0 fully saturated rings. The number of carbonyl (C=O) groups is 2. The molecule has 0 aliphatic heterocycles. The van der Waals surface area contributed by atoms with Crippen LogP contribution < -0.4 is 5.32 Å². The van der Waals surface area contributed by atoms with Gasteiger partial charge in [0.25, 0.3) is 0 Å². The molecule has 0 aromatic heterocycles. The summed E-state index contributed by atoms with van der Waals surface area (Å²) in [5.41, 5.74) is 0.970. The molecule has 4 heteroatoms. The van der Waals surface area contributed by atoms with E-state index in [1.165, 1.54) is 0 Å². The van der Waals surface area contributed by atoms with Gasteiger partial charge in [-0.15, -0.1) is 0 Å². The van der Waals surface area contributed by atoms with E-state index in [2.05, 4.69) is 5.32 Å². The Balaban J connectivity index is 2.22. The van der Waals surface area contributed by atoms with Gasteiger partial charge in [-0.05, 0) is 20.3 Å². The lowest BCUT2D eigenvalue weighted by molar-refractivity contribution is -0.130. The standard InChI is InChI=1S/C12H20N2O2/c1-3-14(4-2)12(16)7-8-13-10-5-6-11(15)9-10/h9,13H,3-8H2,1-2H3. The van der Waals surface area contributed by atoms with Crippen LogP contribution >= 0.6 is 0 Å². The van der Waals surface area contributed by atoms with Crippen molar-refractivity contribution in [3.63, 3.8) is 0 Å². The minimum Gasteiger partial charge on any atom is -0.388 e. The quantitative estimate of drug-likeness (QED) is 0.734. The topological polar surface area (TPSA) is 49.4 Å². The Morgan fingerprint density at radius 3 is 2.56 bits per heavy atom. The van der Waals surface area contributed by atoms with Crippen LogP contribution in [0.5, 0.6) is 0 Å². The molecule has 0 saturated heterocycles. The highest BCUT2D eigenvalue weighted by Crippen LogP contribution is 2.11. The van der Waals surface area contributed by atoms with E-state index in [0.717, 1.165) is 25.2 Å². The van der Waals surface area contributed by atoms with Crippen molar-refractivity contribution >= 4 is 11.7 Å². The van der Waals surface area contributed by atoms with Crippen molar-refractivity contribution in [3.05, 3.63) is 11.8 Å². The van der Waals surface area contributed by atoms with Crippen molar-refractivity contribution in [2.24, 2.45) is 0 Å². The van der Waals surface area contributed by atoms with Gasteiger partial charge in [-0.25, -0.2) is 0 Å². The molecular formula is C12H20N2O2. The summed E-state index contributed by atoms with van der Waals surface area (Å²) < 4.78 is 0. The fourth-order valence-electron chi connectivity index (χ4n) is 1.80. The molecule has 0 atom stereocenters. The van der Waals surface area contributed by atoms with E-state index in [1.807, 2.05) is 18.7 Å². The molecule has 1 aliphatic rings. The normalized spacial score (nSPS) is 14.9. The van der Waals surface area contributed by atoms with E-state index in [9.17, 15) is 9.59 Å². The zero-order valence-corrected chi connectivity index (χ0v) is 10.1. The van der Waals surface area contributed by atoms with E-state index in [1.54, 1.807) is 6.08 Å². The maximum atomic E-state index is 11.6. The maximum Gasteiger partial charge on any atom is 0.224 e. The molecule has 90 valence electrons. The smallest absolute Gasteiger partial charge is 0.224 e. The Bertz CT molecular complexity index is 293. The largest absolute Gasteiger partial charge is 0.388 e. The summed E-state index contributed by atoms with van der Waals surface area (Å²) in [7, 11) is 0. The number of amides is 1. The summed E-state index contributed by atoms with van der Waals surface area (Å²) in [5, 5.41) is 3.14. The average molecular weight is 224 g/mol. The Labute approximate surface area is 96.7 Å². The lowest BCUT2D eigenvalue weighted by Gasteiger charge is -2.18. The Morgan fingerprint density at radius 2 is 2.06 bits per heavy atom. The first-order chi connectivity index (χ1) is 7.67. The van der Waals surface area contributed by atoms with E-state index in [-0.39, 0.29) is 11.7 Å². The van der Waals surface area contributed by atoms with Crippen molar-refractivity contribution in [2.75, 3.05) is 19.6 Å².